The van der Waals surface area contributed by atoms with Gasteiger partial charge in [-0.05, 0) is 37.0 Å². The molecule has 0 bridgehead atoms. The van der Waals surface area contributed by atoms with Gasteiger partial charge in [0.1, 0.15) is 0 Å². The summed E-state index contributed by atoms with van der Waals surface area (Å²) >= 11 is 0. The van der Waals surface area contributed by atoms with Gasteiger partial charge in [-0.15, -0.1) is 0 Å². The molecule has 1 saturated heterocycles. The van der Waals surface area contributed by atoms with Crippen molar-refractivity contribution >= 4 is 11.6 Å². The lowest BCUT2D eigenvalue weighted by Crippen LogP contribution is -2.51. The molecule has 1 aliphatic carbocycles. The second kappa shape index (κ2) is 6.26. The van der Waals surface area contributed by atoms with E-state index in [4.69, 9.17) is 4.74 Å². The molecule has 0 radical (unpaired) electrons. The number of morpholine rings is 1. The topological polar surface area (TPSA) is 53.0 Å². The predicted octanol–water partition coefficient (Wildman–Crippen LogP) is 1.36. The molecule has 120 valence electrons. The number of hydrogen-bond acceptors (Lipinski definition) is 4. The van der Waals surface area contributed by atoms with E-state index in [1.807, 2.05) is 48.2 Å². The molecule has 3 rings (SSSR count). The lowest BCUT2D eigenvalue weighted by Gasteiger charge is -2.37. The zero-order valence-corrected chi connectivity index (χ0v) is 13.2. The zero-order valence-electron chi connectivity index (χ0n) is 13.2. The van der Waals surface area contributed by atoms with Crippen LogP contribution in [-0.4, -0.2) is 61.9 Å². The highest BCUT2D eigenvalue weighted by molar-refractivity contribution is 5.95. The van der Waals surface area contributed by atoms with E-state index in [1.54, 1.807) is 0 Å². The average Bonchev–Trinajstić information content (AvgIpc) is 2.97. The van der Waals surface area contributed by atoms with Gasteiger partial charge in [0.05, 0.1) is 18.8 Å². The highest BCUT2D eigenvalue weighted by Crippen LogP contribution is 2.34. The second-order valence-corrected chi connectivity index (χ2v) is 6.44. The van der Waals surface area contributed by atoms with Gasteiger partial charge in [-0.25, -0.2) is 0 Å². The van der Waals surface area contributed by atoms with E-state index in [2.05, 4.69) is 0 Å². The highest BCUT2D eigenvalue weighted by Gasteiger charge is 2.42. The third-order valence-corrected chi connectivity index (χ3v) is 4.76. The Morgan fingerprint density at radius 3 is 2.95 bits per heavy atom. The Morgan fingerprint density at radius 1 is 1.41 bits per heavy atom. The lowest BCUT2D eigenvalue weighted by molar-refractivity contribution is -0.0448. The largest absolute Gasteiger partial charge is 0.396 e. The van der Waals surface area contributed by atoms with Crippen molar-refractivity contribution in [2.45, 2.75) is 25.0 Å². The first kappa shape index (κ1) is 15.3. The molecule has 1 N–H and O–H groups in total. The Kier molecular flexibility index (Phi) is 4.36. The maximum absolute atomic E-state index is 12.9. The fourth-order valence-electron chi connectivity index (χ4n) is 3.53. The minimum absolute atomic E-state index is 0.0700. The van der Waals surface area contributed by atoms with Gasteiger partial charge in [-0.2, -0.15) is 0 Å². The SMILES string of the molecule is CN(C)c1cccc(C(=O)N2CCOC3C[C@H](CO)C[C@@H]32)c1. The molecule has 1 aromatic carbocycles. The van der Waals surface area contributed by atoms with Crippen molar-refractivity contribution in [3.63, 3.8) is 0 Å². The number of aliphatic hydroxyl groups excluding tert-OH is 1. The summed E-state index contributed by atoms with van der Waals surface area (Å²) in [6, 6.07) is 7.83. The predicted molar refractivity (Wildman–Crippen MR) is 85.1 cm³/mol. The molecule has 1 unspecified atom stereocenters. The van der Waals surface area contributed by atoms with Crippen LogP contribution in [0.25, 0.3) is 0 Å². The first-order chi connectivity index (χ1) is 10.6. The minimum Gasteiger partial charge on any atom is -0.396 e. The molecule has 1 heterocycles. The summed E-state index contributed by atoms with van der Waals surface area (Å²) < 4.78 is 5.80. The van der Waals surface area contributed by atoms with Crippen molar-refractivity contribution in [3.05, 3.63) is 29.8 Å². The van der Waals surface area contributed by atoms with E-state index in [1.165, 1.54) is 0 Å². The molecule has 2 fully saturated rings. The number of anilines is 1. The average molecular weight is 304 g/mol. The molecule has 0 spiro atoms. The van der Waals surface area contributed by atoms with E-state index >= 15 is 0 Å². The van der Waals surface area contributed by atoms with Crippen LogP contribution in [0.5, 0.6) is 0 Å². The number of hydrogen-bond donors (Lipinski definition) is 1. The van der Waals surface area contributed by atoms with E-state index in [-0.39, 0.29) is 30.6 Å². The van der Waals surface area contributed by atoms with E-state index in [0.717, 1.165) is 24.1 Å². The van der Waals surface area contributed by atoms with Gasteiger partial charge in [-0.3, -0.25) is 4.79 Å². The number of aliphatic hydroxyl groups is 1. The van der Waals surface area contributed by atoms with E-state index in [9.17, 15) is 9.90 Å². The standard InChI is InChI=1S/C17H24N2O3/c1-18(2)14-5-3-4-13(10-14)17(21)19-6-7-22-16-9-12(11-20)8-15(16)19/h3-5,10,12,15-16,20H,6-9,11H2,1-2H3/t12-,15+,16?/m1/s1. The van der Waals surface area contributed by atoms with Crippen molar-refractivity contribution < 1.29 is 14.6 Å². The molecule has 1 amide bonds. The molecule has 5 nitrogen and oxygen atoms in total. The summed E-state index contributed by atoms with van der Waals surface area (Å²) in [5.41, 5.74) is 1.75. The maximum Gasteiger partial charge on any atom is 0.254 e. The number of carbonyl (C=O) groups is 1. The van der Waals surface area contributed by atoms with Crippen LogP contribution < -0.4 is 4.90 Å². The van der Waals surface area contributed by atoms with Crippen LogP contribution in [0.3, 0.4) is 0 Å². The summed E-state index contributed by atoms with van der Waals surface area (Å²) in [4.78, 5) is 16.8. The van der Waals surface area contributed by atoms with Crippen LogP contribution >= 0.6 is 0 Å². The molecule has 22 heavy (non-hydrogen) atoms. The number of fused-ring (bicyclic) bond motifs is 1. The quantitative estimate of drug-likeness (QED) is 0.916. The van der Waals surface area contributed by atoms with Crippen LogP contribution in [-0.2, 0) is 4.74 Å². The first-order valence-electron chi connectivity index (χ1n) is 7.91. The monoisotopic (exact) mass is 304 g/mol. The van der Waals surface area contributed by atoms with Crippen LogP contribution in [0.1, 0.15) is 23.2 Å². The third kappa shape index (κ3) is 2.83. The Bertz CT molecular complexity index is 546. The Morgan fingerprint density at radius 2 is 2.23 bits per heavy atom. The minimum atomic E-state index is 0.0700. The van der Waals surface area contributed by atoms with Gasteiger partial charge in [-0.1, -0.05) is 6.07 Å². The number of carbonyl (C=O) groups excluding carboxylic acids is 1. The summed E-state index contributed by atoms with van der Waals surface area (Å²) in [7, 11) is 3.94. The maximum atomic E-state index is 12.9. The molecule has 2 aliphatic rings. The Hall–Kier alpha value is -1.59. The number of benzene rings is 1. The van der Waals surface area contributed by atoms with Crippen LogP contribution in [0.15, 0.2) is 24.3 Å². The summed E-state index contributed by atoms with van der Waals surface area (Å²) in [5.74, 6) is 0.317. The summed E-state index contributed by atoms with van der Waals surface area (Å²) in [5, 5.41) is 9.39. The van der Waals surface area contributed by atoms with Crippen molar-refractivity contribution in [2.75, 3.05) is 38.8 Å². The summed E-state index contributed by atoms with van der Waals surface area (Å²) in [6.45, 7) is 1.39. The number of ether oxygens (including phenoxy) is 1. The third-order valence-electron chi connectivity index (χ3n) is 4.76. The fraction of sp³-hybridized carbons (Fsp3) is 0.588. The fourth-order valence-corrected chi connectivity index (χ4v) is 3.53. The zero-order chi connectivity index (χ0) is 15.7. The van der Waals surface area contributed by atoms with Crippen LogP contribution in [0.4, 0.5) is 5.69 Å². The molecular weight excluding hydrogens is 280 g/mol. The van der Waals surface area contributed by atoms with E-state index in [0.29, 0.717) is 13.2 Å². The first-order valence-corrected chi connectivity index (χ1v) is 7.91. The number of amides is 1. The van der Waals surface area contributed by atoms with Gasteiger partial charge >= 0.3 is 0 Å². The highest BCUT2D eigenvalue weighted by atomic mass is 16.5. The van der Waals surface area contributed by atoms with Crippen molar-refractivity contribution in [3.8, 4) is 0 Å². The van der Waals surface area contributed by atoms with Gasteiger partial charge in [0.15, 0.2) is 0 Å². The van der Waals surface area contributed by atoms with Gasteiger partial charge < -0.3 is 19.6 Å². The van der Waals surface area contributed by atoms with Gasteiger partial charge in [0.25, 0.3) is 5.91 Å². The van der Waals surface area contributed by atoms with Crippen LogP contribution in [0, 0.1) is 5.92 Å². The molecule has 3 atom stereocenters. The molecule has 0 aromatic heterocycles. The van der Waals surface area contributed by atoms with Gasteiger partial charge in [0.2, 0.25) is 0 Å². The lowest BCUT2D eigenvalue weighted by atomic mass is 10.1. The smallest absolute Gasteiger partial charge is 0.254 e. The van der Waals surface area contributed by atoms with Crippen LogP contribution in [0.2, 0.25) is 0 Å². The molecule has 1 aliphatic heterocycles. The molecule has 1 aromatic rings. The Labute approximate surface area is 131 Å². The second-order valence-electron chi connectivity index (χ2n) is 6.44. The number of rotatable bonds is 3. The number of nitrogens with zero attached hydrogens (tertiary/aromatic N) is 2. The van der Waals surface area contributed by atoms with Gasteiger partial charge in [0, 0.05) is 38.5 Å². The molecule has 1 saturated carbocycles. The van der Waals surface area contributed by atoms with E-state index < -0.39 is 0 Å². The van der Waals surface area contributed by atoms with Crippen molar-refractivity contribution in [1.29, 1.82) is 0 Å². The molecular formula is C17H24N2O3. The van der Waals surface area contributed by atoms with Crippen molar-refractivity contribution in [2.24, 2.45) is 5.92 Å². The van der Waals surface area contributed by atoms with Crippen molar-refractivity contribution in [1.82, 2.24) is 4.90 Å². The summed E-state index contributed by atoms with van der Waals surface area (Å²) in [6.07, 6.45) is 1.76. The normalized spacial score (nSPS) is 27.6. The Balaban J connectivity index is 1.80. The molecule has 5 heteroatoms.